The van der Waals surface area contributed by atoms with Crippen LogP contribution in [-0.4, -0.2) is 39.1 Å². The third-order valence-electron chi connectivity index (χ3n) is 4.08. The minimum Gasteiger partial charge on any atom is -0.379 e. The quantitative estimate of drug-likeness (QED) is 0.300. The molecule has 0 bridgehead atoms. The summed E-state index contributed by atoms with van der Waals surface area (Å²) >= 11 is 7.24. The molecule has 3 rings (SSSR count). The summed E-state index contributed by atoms with van der Waals surface area (Å²) in [6, 6.07) is 6.61. The van der Waals surface area contributed by atoms with E-state index in [0.29, 0.717) is 46.3 Å². The van der Waals surface area contributed by atoms with Gasteiger partial charge in [-0.25, -0.2) is 4.98 Å². The zero-order valence-corrected chi connectivity index (χ0v) is 18.5. The van der Waals surface area contributed by atoms with Gasteiger partial charge in [-0.3, -0.25) is 19.5 Å². The van der Waals surface area contributed by atoms with Crippen LogP contribution in [0.15, 0.2) is 38.7 Å². The zero-order chi connectivity index (χ0) is 21.7. The number of halogens is 1. The first-order valence-corrected chi connectivity index (χ1v) is 10.9. The monoisotopic (exact) mass is 450 g/mol. The molecule has 0 saturated heterocycles. The normalized spacial score (nSPS) is 11.4. The number of hydrogen-bond acceptors (Lipinski definition) is 7. The van der Waals surface area contributed by atoms with Crippen molar-refractivity contribution in [1.29, 1.82) is 0 Å². The molecular weight excluding hydrogens is 428 g/mol. The highest BCUT2D eigenvalue weighted by Crippen LogP contribution is 2.21. The Hall–Kier alpha value is -2.36. The summed E-state index contributed by atoms with van der Waals surface area (Å²) in [6.07, 6.45) is 0.770. The SMILES string of the molecule is Cc1cc(NC(=O)CSc2nc3cc(Cl)ccc3c(=O)n2CCCOC(C)C)on1. The van der Waals surface area contributed by atoms with E-state index in [1.807, 2.05) is 13.8 Å². The number of amides is 1. The smallest absolute Gasteiger partial charge is 0.262 e. The van der Waals surface area contributed by atoms with Gasteiger partial charge in [0.1, 0.15) is 0 Å². The third-order valence-corrected chi connectivity index (χ3v) is 5.29. The lowest BCUT2D eigenvalue weighted by molar-refractivity contribution is -0.113. The molecule has 0 fully saturated rings. The first-order chi connectivity index (χ1) is 14.3. The Bertz CT molecular complexity index is 1100. The summed E-state index contributed by atoms with van der Waals surface area (Å²) in [7, 11) is 0. The van der Waals surface area contributed by atoms with Crippen molar-refractivity contribution >= 4 is 46.1 Å². The lowest BCUT2D eigenvalue weighted by atomic mass is 10.2. The molecular formula is C20H23ClN4O4S. The number of carbonyl (C=O) groups excluding carboxylic acids is 1. The predicted molar refractivity (Wildman–Crippen MR) is 117 cm³/mol. The first kappa shape index (κ1) is 22.3. The van der Waals surface area contributed by atoms with Crippen LogP contribution < -0.4 is 10.9 Å². The number of fused-ring (bicyclic) bond motifs is 1. The third kappa shape index (κ3) is 5.84. The van der Waals surface area contributed by atoms with Crippen LogP contribution in [0.3, 0.4) is 0 Å². The molecule has 1 N–H and O–H groups in total. The Morgan fingerprint density at radius 2 is 2.17 bits per heavy atom. The van der Waals surface area contributed by atoms with E-state index in [1.54, 1.807) is 35.8 Å². The Labute approximate surface area is 182 Å². The minimum absolute atomic E-state index is 0.0563. The molecule has 2 aromatic heterocycles. The highest BCUT2D eigenvalue weighted by atomic mass is 35.5. The molecule has 30 heavy (non-hydrogen) atoms. The molecule has 0 aliphatic rings. The van der Waals surface area contributed by atoms with E-state index in [-0.39, 0.29) is 29.2 Å². The molecule has 2 heterocycles. The van der Waals surface area contributed by atoms with Gasteiger partial charge < -0.3 is 9.26 Å². The van der Waals surface area contributed by atoms with Crippen molar-refractivity contribution in [2.24, 2.45) is 0 Å². The van der Waals surface area contributed by atoms with E-state index in [0.717, 1.165) is 0 Å². The number of benzene rings is 1. The van der Waals surface area contributed by atoms with E-state index in [1.165, 1.54) is 11.8 Å². The summed E-state index contributed by atoms with van der Waals surface area (Å²) < 4.78 is 12.1. The topological polar surface area (TPSA) is 99.2 Å². The maximum absolute atomic E-state index is 13.0. The van der Waals surface area contributed by atoms with Gasteiger partial charge in [0.15, 0.2) is 5.16 Å². The number of nitrogens with one attached hydrogen (secondary N) is 1. The first-order valence-electron chi connectivity index (χ1n) is 9.51. The molecule has 3 aromatic rings. The number of aromatic nitrogens is 3. The lowest BCUT2D eigenvalue weighted by Gasteiger charge is -2.14. The second-order valence-corrected chi connectivity index (χ2v) is 8.33. The summed E-state index contributed by atoms with van der Waals surface area (Å²) in [5.74, 6) is 0.0478. The van der Waals surface area contributed by atoms with Crippen molar-refractivity contribution < 1.29 is 14.1 Å². The fraction of sp³-hybridized carbons (Fsp3) is 0.400. The fourth-order valence-electron chi connectivity index (χ4n) is 2.75. The minimum atomic E-state index is -0.286. The molecule has 0 aliphatic heterocycles. The molecule has 8 nitrogen and oxygen atoms in total. The molecule has 1 aromatic carbocycles. The van der Waals surface area contributed by atoms with E-state index in [9.17, 15) is 9.59 Å². The second-order valence-electron chi connectivity index (χ2n) is 6.96. The van der Waals surface area contributed by atoms with Gasteiger partial charge >= 0.3 is 0 Å². The average Bonchev–Trinajstić information content (AvgIpc) is 3.09. The summed E-state index contributed by atoms with van der Waals surface area (Å²) in [6.45, 7) is 6.65. The second kappa shape index (κ2) is 10.1. The van der Waals surface area contributed by atoms with E-state index in [4.69, 9.17) is 20.9 Å². The lowest BCUT2D eigenvalue weighted by Crippen LogP contribution is -2.25. The van der Waals surface area contributed by atoms with Crippen molar-refractivity contribution in [2.75, 3.05) is 17.7 Å². The summed E-state index contributed by atoms with van der Waals surface area (Å²) in [4.78, 5) is 29.9. The molecule has 160 valence electrons. The molecule has 0 radical (unpaired) electrons. The number of aryl methyl sites for hydroxylation is 1. The van der Waals surface area contributed by atoms with Gasteiger partial charge in [0.05, 0.1) is 28.5 Å². The largest absolute Gasteiger partial charge is 0.379 e. The number of rotatable bonds is 9. The van der Waals surface area contributed by atoms with Gasteiger partial charge in [-0.1, -0.05) is 28.5 Å². The Balaban J connectivity index is 1.79. The van der Waals surface area contributed by atoms with Crippen LogP contribution in [0.4, 0.5) is 5.88 Å². The molecule has 0 unspecified atom stereocenters. The van der Waals surface area contributed by atoms with Gasteiger partial charge in [-0.15, -0.1) is 0 Å². The van der Waals surface area contributed by atoms with Crippen LogP contribution >= 0.6 is 23.4 Å². The molecule has 10 heteroatoms. The van der Waals surface area contributed by atoms with E-state index in [2.05, 4.69) is 15.5 Å². The summed E-state index contributed by atoms with van der Waals surface area (Å²) in [5, 5.41) is 7.79. The zero-order valence-electron chi connectivity index (χ0n) is 17.0. The molecule has 0 atom stereocenters. The van der Waals surface area contributed by atoms with Gasteiger partial charge in [0, 0.05) is 24.2 Å². The standard InChI is InChI=1S/C20H23ClN4O4S/c1-12(2)28-8-4-7-25-19(27)15-6-5-14(21)10-16(15)22-20(25)30-11-17(26)23-18-9-13(3)24-29-18/h5-6,9-10,12H,4,7-8,11H2,1-3H3,(H,23,26). The van der Waals surface area contributed by atoms with Crippen LogP contribution in [0, 0.1) is 6.92 Å². The molecule has 1 amide bonds. The average molecular weight is 451 g/mol. The van der Waals surface area contributed by atoms with Gasteiger partial charge in [0.25, 0.3) is 5.56 Å². The van der Waals surface area contributed by atoms with Crippen molar-refractivity contribution in [3.05, 3.63) is 45.3 Å². The highest BCUT2D eigenvalue weighted by molar-refractivity contribution is 7.99. The molecule has 0 saturated carbocycles. The number of hydrogen-bond donors (Lipinski definition) is 1. The maximum atomic E-state index is 13.0. The highest BCUT2D eigenvalue weighted by Gasteiger charge is 2.15. The van der Waals surface area contributed by atoms with Crippen molar-refractivity contribution in [3.63, 3.8) is 0 Å². The van der Waals surface area contributed by atoms with Gasteiger partial charge in [0.2, 0.25) is 11.8 Å². The number of anilines is 1. The van der Waals surface area contributed by atoms with E-state index >= 15 is 0 Å². The number of thioether (sulfide) groups is 1. The van der Waals surface area contributed by atoms with Crippen molar-refractivity contribution in [2.45, 2.75) is 45.0 Å². The fourth-order valence-corrected chi connectivity index (χ4v) is 3.74. The van der Waals surface area contributed by atoms with Gasteiger partial charge in [-0.05, 0) is 45.4 Å². The predicted octanol–water partition coefficient (Wildman–Crippen LogP) is 3.89. The van der Waals surface area contributed by atoms with Crippen LogP contribution in [0.25, 0.3) is 10.9 Å². The maximum Gasteiger partial charge on any atom is 0.262 e. The van der Waals surface area contributed by atoms with Crippen LogP contribution in [0.1, 0.15) is 26.0 Å². The Kier molecular flexibility index (Phi) is 7.52. The number of ether oxygens (including phenoxy) is 1. The summed E-state index contributed by atoms with van der Waals surface area (Å²) in [5.41, 5.74) is 0.995. The van der Waals surface area contributed by atoms with Gasteiger partial charge in [-0.2, -0.15) is 0 Å². The number of nitrogens with zero attached hydrogens (tertiary/aromatic N) is 3. The molecule has 0 spiro atoms. The van der Waals surface area contributed by atoms with E-state index < -0.39 is 0 Å². The Morgan fingerprint density at radius 1 is 1.37 bits per heavy atom. The molecule has 0 aliphatic carbocycles. The van der Waals surface area contributed by atoms with Crippen LogP contribution in [-0.2, 0) is 16.1 Å². The number of carbonyl (C=O) groups is 1. The van der Waals surface area contributed by atoms with Crippen LogP contribution in [0.2, 0.25) is 5.02 Å². The van der Waals surface area contributed by atoms with Crippen molar-refractivity contribution in [3.8, 4) is 0 Å². The Morgan fingerprint density at radius 3 is 2.87 bits per heavy atom. The van der Waals surface area contributed by atoms with Crippen LogP contribution in [0.5, 0.6) is 0 Å². The van der Waals surface area contributed by atoms with Crippen molar-refractivity contribution in [1.82, 2.24) is 14.7 Å².